The monoisotopic (exact) mass is 478 g/mol. The molecule has 6 heteroatoms. The van der Waals surface area contributed by atoms with E-state index in [1.165, 1.54) is 18.4 Å². The lowest BCUT2D eigenvalue weighted by atomic mass is 9.77. The highest BCUT2D eigenvalue weighted by atomic mass is 19.2. The highest BCUT2D eigenvalue weighted by Crippen LogP contribution is 2.40. The molecular weight excluding hydrogens is 446 g/mol. The molecule has 2 fully saturated rings. The number of halogens is 2. The zero-order chi connectivity index (χ0) is 24.2. The second kappa shape index (κ2) is 10.8. The summed E-state index contributed by atoms with van der Waals surface area (Å²) in [5.74, 6) is 0.0153. The van der Waals surface area contributed by atoms with Crippen LogP contribution in [0.1, 0.15) is 60.9 Å². The number of fused-ring (bicyclic) bond motifs is 1. The molecule has 3 aromatic rings. The number of anilines is 1. The summed E-state index contributed by atoms with van der Waals surface area (Å²) in [6.45, 7) is 2.29. The number of rotatable bonds is 8. The van der Waals surface area contributed by atoms with Crippen LogP contribution in [-0.4, -0.2) is 30.5 Å². The molecule has 2 aromatic carbocycles. The van der Waals surface area contributed by atoms with Crippen molar-refractivity contribution >= 4 is 23.0 Å². The van der Waals surface area contributed by atoms with Crippen LogP contribution in [0.2, 0.25) is 0 Å². The summed E-state index contributed by atoms with van der Waals surface area (Å²) in [6.07, 6.45) is 8.71. The molecule has 1 aliphatic heterocycles. The molecule has 0 radical (unpaired) electrons. The van der Waals surface area contributed by atoms with Gasteiger partial charge in [-0.2, -0.15) is 0 Å². The fourth-order valence-corrected chi connectivity index (χ4v) is 5.91. The van der Waals surface area contributed by atoms with Crippen LogP contribution in [0.25, 0.3) is 10.9 Å². The smallest absolute Gasteiger partial charge is 0.161 e. The second-order valence-electron chi connectivity index (χ2n) is 9.99. The van der Waals surface area contributed by atoms with Crippen molar-refractivity contribution in [1.82, 2.24) is 4.98 Å². The van der Waals surface area contributed by atoms with Crippen molar-refractivity contribution in [3.05, 3.63) is 71.3 Å². The van der Waals surface area contributed by atoms with Gasteiger partial charge in [-0.1, -0.05) is 43.2 Å². The Kier molecular flexibility index (Phi) is 7.37. The lowest BCUT2D eigenvalue weighted by Gasteiger charge is -2.37. The Morgan fingerprint density at radius 1 is 1.00 bits per heavy atom. The zero-order valence-corrected chi connectivity index (χ0v) is 20.0. The van der Waals surface area contributed by atoms with Crippen LogP contribution >= 0.6 is 0 Å². The van der Waals surface area contributed by atoms with Gasteiger partial charge in [-0.3, -0.25) is 4.79 Å². The van der Waals surface area contributed by atoms with Gasteiger partial charge in [0, 0.05) is 30.6 Å². The minimum atomic E-state index is -0.926. The Hall–Kier alpha value is -2.86. The molecule has 4 nitrogen and oxygen atoms in total. The number of hydrogen-bond donors (Lipinski definition) is 0. The highest BCUT2D eigenvalue weighted by Gasteiger charge is 2.36. The molecule has 184 valence electrons. The first kappa shape index (κ1) is 23.9. The number of aromatic nitrogens is 1. The van der Waals surface area contributed by atoms with Gasteiger partial charge in [0.05, 0.1) is 17.7 Å². The third-order valence-corrected chi connectivity index (χ3v) is 7.78. The van der Waals surface area contributed by atoms with Crippen LogP contribution in [-0.2, 0) is 11.3 Å². The predicted molar refractivity (Wildman–Crippen MR) is 134 cm³/mol. The minimum absolute atomic E-state index is 0.333. The normalized spacial score (nSPS) is 22.6. The summed E-state index contributed by atoms with van der Waals surface area (Å²) < 4.78 is 33.4. The van der Waals surface area contributed by atoms with Crippen molar-refractivity contribution in [3.8, 4) is 0 Å². The summed E-state index contributed by atoms with van der Waals surface area (Å²) in [5, 5.41) is 0.445. The Morgan fingerprint density at radius 3 is 2.54 bits per heavy atom. The van der Waals surface area contributed by atoms with E-state index >= 15 is 0 Å². The maximum Gasteiger partial charge on any atom is 0.161 e. The van der Waals surface area contributed by atoms with E-state index in [1.807, 2.05) is 18.2 Å². The Bertz CT molecular complexity index is 1160. The largest absolute Gasteiger partial charge is 0.377 e. The fraction of sp³-hybridized carbons (Fsp3) is 0.448. The molecule has 0 spiro atoms. The topological polar surface area (TPSA) is 42.4 Å². The molecule has 1 aromatic heterocycles. The number of carbonyl (C=O) groups is 1. The maximum absolute atomic E-state index is 13.8. The summed E-state index contributed by atoms with van der Waals surface area (Å²) in [4.78, 5) is 18.8. The first-order valence-corrected chi connectivity index (χ1v) is 12.8. The average Bonchev–Trinajstić information content (AvgIpc) is 3.37. The summed E-state index contributed by atoms with van der Waals surface area (Å²) in [5.41, 5.74) is 2.04. The fourth-order valence-electron chi connectivity index (χ4n) is 5.91. The number of hydrogen-bond acceptors (Lipinski definition) is 4. The van der Waals surface area contributed by atoms with E-state index in [4.69, 9.17) is 4.74 Å². The van der Waals surface area contributed by atoms with Crippen LogP contribution in [0.5, 0.6) is 0 Å². The van der Waals surface area contributed by atoms with E-state index < -0.39 is 11.6 Å². The number of nitrogens with zero attached hydrogens (tertiary/aromatic N) is 2. The van der Waals surface area contributed by atoms with Crippen molar-refractivity contribution in [1.29, 1.82) is 0 Å². The van der Waals surface area contributed by atoms with E-state index in [-0.39, 0.29) is 0 Å². The number of ether oxygens (including phenoxy) is 1. The minimum Gasteiger partial charge on any atom is -0.377 e. The SMILES string of the molecule is O=Cc1cc2cc(F)c(F)cc2nc1N1CCC[C@@H]1C1CCC(CCOCc2ccccc2)CC1. The molecule has 1 saturated carbocycles. The Labute approximate surface area is 205 Å². The van der Waals surface area contributed by atoms with E-state index in [2.05, 4.69) is 22.0 Å². The summed E-state index contributed by atoms with van der Waals surface area (Å²) >= 11 is 0. The highest BCUT2D eigenvalue weighted by molar-refractivity contribution is 5.92. The van der Waals surface area contributed by atoms with Gasteiger partial charge in [0.25, 0.3) is 0 Å². The summed E-state index contributed by atoms with van der Waals surface area (Å²) in [6, 6.07) is 14.5. The van der Waals surface area contributed by atoms with Crippen LogP contribution in [0, 0.1) is 23.5 Å². The molecule has 0 bridgehead atoms. The number of benzene rings is 2. The van der Waals surface area contributed by atoms with Crippen molar-refractivity contribution < 1.29 is 18.3 Å². The quantitative estimate of drug-likeness (QED) is 0.267. The van der Waals surface area contributed by atoms with Crippen molar-refractivity contribution in [2.75, 3.05) is 18.1 Å². The molecule has 0 unspecified atom stereocenters. The standard InChI is InChI=1S/C29H32F2N2O2/c30-25-16-23-15-24(18-34)29(32-27(23)17-26(25)31)33-13-4-7-28(33)22-10-8-20(9-11-22)12-14-35-19-21-5-2-1-3-6-21/h1-3,5-6,15-18,20,22,28H,4,7-14,19H2/t20?,22?,28-/m1/s1. The molecule has 1 atom stereocenters. The number of pyridine rings is 1. The van der Waals surface area contributed by atoms with Gasteiger partial charge in [-0.15, -0.1) is 0 Å². The van der Waals surface area contributed by atoms with Gasteiger partial charge in [0.15, 0.2) is 17.9 Å². The molecular formula is C29H32F2N2O2. The Balaban J connectivity index is 1.20. The van der Waals surface area contributed by atoms with Gasteiger partial charge in [-0.05, 0) is 61.6 Å². The van der Waals surface area contributed by atoms with Crippen LogP contribution in [0.3, 0.4) is 0 Å². The number of carbonyl (C=O) groups excluding carboxylic acids is 1. The molecule has 1 saturated heterocycles. The van der Waals surface area contributed by atoms with Gasteiger partial charge in [-0.25, -0.2) is 13.8 Å². The summed E-state index contributed by atoms with van der Waals surface area (Å²) in [7, 11) is 0. The van der Waals surface area contributed by atoms with Crippen LogP contribution in [0.4, 0.5) is 14.6 Å². The van der Waals surface area contributed by atoms with E-state index in [0.29, 0.717) is 46.8 Å². The van der Waals surface area contributed by atoms with E-state index in [1.54, 1.807) is 6.07 Å². The second-order valence-corrected chi connectivity index (χ2v) is 9.99. The lowest BCUT2D eigenvalue weighted by molar-refractivity contribution is 0.0966. The molecule has 2 aliphatic rings. The van der Waals surface area contributed by atoms with Gasteiger partial charge in [0.2, 0.25) is 0 Å². The van der Waals surface area contributed by atoms with Crippen molar-refractivity contribution in [2.24, 2.45) is 11.8 Å². The van der Waals surface area contributed by atoms with Gasteiger partial charge >= 0.3 is 0 Å². The van der Waals surface area contributed by atoms with Crippen LogP contribution in [0.15, 0.2) is 48.5 Å². The molecule has 35 heavy (non-hydrogen) atoms. The molecule has 2 heterocycles. The first-order chi connectivity index (χ1) is 17.1. The van der Waals surface area contributed by atoms with Crippen molar-refractivity contribution in [3.63, 3.8) is 0 Å². The predicted octanol–water partition coefficient (Wildman–Crippen LogP) is 6.71. The molecule has 1 aliphatic carbocycles. The average molecular weight is 479 g/mol. The molecule has 5 rings (SSSR count). The lowest BCUT2D eigenvalue weighted by Crippen LogP contribution is -2.38. The van der Waals surface area contributed by atoms with Crippen LogP contribution < -0.4 is 4.90 Å². The molecule has 0 amide bonds. The zero-order valence-electron chi connectivity index (χ0n) is 20.0. The third-order valence-electron chi connectivity index (χ3n) is 7.78. The maximum atomic E-state index is 13.8. The third kappa shape index (κ3) is 5.37. The van der Waals surface area contributed by atoms with Crippen molar-refractivity contribution in [2.45, 2.75) is 57.6 Å². The van der Waals surface area contributed by atoms with E-state index in [9.17, 15) is 13.6 Å². The van der Waals surface area contributed by atoms with Gasteiger partial charge in [0.1, 0.15) is 5.82 Å². The van der Waals surface area contributed by atoms with E-state index in [0.717, 1.165) is 63.7 Å². The Morgan fingerprint density at radius 2 is 1.77 bits per heavy atom. The first-order valence-electron chi connectivity index (χ1n) is 12.8. The number of aldehydes is 1. The molecule has 0 N–H and O–H groups in total. The van der Waals surface area contributed by atoms with Gasteiger partial charge < -0.3 is 9.64 Å².